The Hall–Kier alpha value is -1.10. The molecule has 3 atom stereocenters. The number of amides is 1. The number of aliphatic imine (C=N–C) groups is 1. The minimum absolute atomic E-state index is 0.0200. The standard InChI is InChI=1S/C18H31N3O2/c1-13-8-9-15(10-13)23-12-18(11-14-6-4-3-5-7-14)16(22)21(2)17(19)20-18/h13-15H,3-12H2,1-2H3,(H2,19,20). The van der Waals surface area contributed by atoms with Crippen LogP contribution in [0.1, 0.15) is 64.7 Å². The van der Waals surface area contributed by atoms with Gasteiger partial charge in [-0.25, -0.2) is 4.99 Å². The van der Waals surface area contributed by atoms with Gasteiger partial charge in [-0.05, 0) is 37.5 Å². The number of likely N-dealkylation sites (N-methyl/N-ethyl adjacent to an activating group) is 1. The van der Waals surface area contributed by atoms with Crippen molar-refractivity contribution in [2.45, 2.75) is 76.4 Å². The largest absolute Gasteiger partial charge is 0.375 e. The molecule has 0 aromatic heterocycles. The van der Waals surface area contributed by atoms with E-state index in [4.69, 9.17) is 10.5 Å². The van der Waals surface area contributed by atoms with Gasteiger partial charge < -0.3 is 10.5 Å². The number of ether oxygens (including phenoxy) is 1. The minimum atomic E-state index is -0.771. The number of hydrogen-bond donors (Lipinski definition) is 1. The summed E-state index contributed by atoms with van der Waals surface area (Å²) in [5.41, 5.74) is 5.18. The quantitative estimate of drug-likeness (QED) is 0.846. The second kappa shape index (κ2) is 6.80. The van der Waals surface area contributed by atoms with Gasteiger partial charge in [0.15, 0.2) is 11.5 Å². The van der Waals surface area contributed by atoms with Gasteiger partial charge in [-0.3, -0.25) is 9.69 Å². The maximum atomic E-state index is 12.8. The van der Waals surface area contributed by atoms with Crippen molar-refractivity contribution < 1.29 is 9.53 Å². The van der Waals surface area contributed by atoms with Gasteiger partial charge in [0.2, 0.25) is 0 Å². The molecular weight excluding hydrogens is 290 g/mol. The van der Waals surface area contributed by atoms with E-state index in [9.17, 15) is 4.79 Å². The van der Waals surface area contributed by atoms with Gasteiger partial charge >= 0.3 is 0 Å². The lowest BCUT2D eigenvalue weighted by atomic mass is 9.79. The van der Waals surface area contributed by atoms with E-state index in [2.05, 4.69) is 11.9 Å². The van der Waals surface area contributed by atoms with Gasteiger partial charge in [-0.1, -0.05) is 39.0 Å². The zero-order valence-corrected chi connectivity index (χ0v) is 14.6. The monoisotopic (exact) mass is 321 g/mol. The molecule has 3 aliphatic rings. The van der Waals surface area contributed by atoms with Crippen LogP contribution in [0.4, 0.5) is 0 Å². The number of guanidine groups is 1. The van der Waals surface area contributed by atoms with Crippen LogP contribution in [0.2, 0.25) is 0 Å². The van der Waals surface area contributed by atoms with E-state index in [0.29, 0.717) is 18.5 Å². The van der Waals surface area contributed by atoms with Crippen LogP contribution >= 0.6 is 0 Å². The molecule has 2 aliphatic carbocycles. The predicted octanol–water partition coefficient (Wildman–Crippen LogP) is 2.69. The summed E-state index contributed by atoms with van der Waals surface area (Å²) in [6, 6.07) is 0. The maximum absolute atomic E-state index is 12.8. The molecule has 3 rings (SSSR count). The molecule has 5 heteroatoms. The Bertz CT molecular complexity index is 473. The molecule has 0 saturated heterocycles. The number of carbonyl (C=O) groups is 1. The highest BCUT2D eigenvalue weighted by Crippen LogP contribution is 2.37. The molecule has 0 aromatic carbocycles. The van der Waals surface area contributed by atoms with Gasteiger partial charge in [-0.15, -0.1) is 0 Å². The Kier molecular flexibility index (Phi) is 4.95. The predicted molar refractivity (Wildman–Crippen MR) is 91.1 cm³/mol. The van der Waals surface area contributed by atoms with Gasteiger partial charge in [0.25, 0.3) is 5.91 Å². The number of hydrogen-bond acceptors (Lipinski definition) is 4. The number of nitrogens with two attached hydrogens (primary N) is 1. The fourth-order valence-corrected chi connectivity index (χ4v) is 4.48. The molecule has 3 unspecified atom stereocenters. The van der Waals surface area contributed by atoms with Crippen LogP contribution in [-0.4, -0.2) is 42.1 Å². The summed E-state index contributed by atoms with van der Waals surface area (Å²) >= 11 is 0. The van der Waals surface area contributed by atoms with Crippen LogP contribution < -0.4 is 5.73 Å². The molecule has 2 saturated carbocycles. The summed E-state index contributed by atoms with van der Waals surface area (Å²) in [6.45, 7) is 2.66. The van der Waals surface area contributed by atoms with Crippen molar-refractivity contribution in [2.75, 3.05) is 13.7 Å². The van der Waals surface area contributed by atoms with E-state index in [0.717, 1.165) is 25.2 Å². The fourth-order valence-electron chi connectivity index (χ4n) is 4.48. The number of rotatable bonds is 5. The van der Waals surface area contributed by atoms with Crippen molar-refractivity contribution in [3.05, 3.63) is 0 Å². The second-order valence-electron chi connectivity index (χ2n) is 7.93. The lowest BCUT2D eigenvalue weighted by Gasteiger charge is -2.32. The Morgan fingerprint density at radius 3 is 2.57 bits per heavy atom. The Morgan fingerprint density at radius 2 is 2.00 bits per heavy atom. The third kappa shape index (κ3) is 3.54. The normalized spacial score (nSPS) is 35.8. The number of carbonyl (C=O) groups excluding carboxylic acids is 1. The van der Waals surface area contributed by atoms with Crippen molar-refractivity contribution in [1.29, 1.82) is 0 Å². The molecule has 1 heterocycles. The van der Waals surface area contributed by atoms with Crippen molar-refractivity contribution in [2.24, 2.45) is 22.6 Å². The minimum Gasteiger partial charge on any atom is -0.375 e. The first-order chi connectivity index (χ1) is 11.0. The van der Waals surface area contributed by atoms with Crippen LogP contribution in [0, 0.1) is 11.8 Å². The van der Waals surface area contributed by atoms with Crippen molar-refractivity contribution in [3.8, 4) is 0 Å². The van der Waals surface area contributed by atoms with E-state index in [1.807, 2.05) is 0 Å². The van der Waals surface area contributed by atoms with Crippen molar-refractivity contribution in [1.82, 2.24) is 4.90 Å². The number of nitrogens with zero attached hydrogens (tertiary/aromatic N) is 2. The lowest BCUT2D eigenvalue weighted by Crippen LogP contribution is -2.47. The van der Waals surface area contributed by atoms with Gasteiger partial charge in [0.05, 0.1) is 12.7 Å². The molecule has 1 amide bonds. The highest BCUT2D eigenvalue weighted by Gasteiger charge is 2.48. The molecule has 1 aliphatic heterocycles. The van der Waals surface area contributed by atoms with E-state index in [1.54, 1.807) is 7.05 Å². The summed E-state index contributed by atoms with van der Waals surface area (Å²) < 4.78 is 6.16. The summed E-state index contributed by atoms with van der Waals surface area (Å²) in [5, 5.41) is 0. The van der Waals surface area contributed by atoms with Crippen LogP contribution in [0.25, 0.3) is 0 Å². The maximum Gasteiger partial charge on any atom is 0.259 e. The zero-order chi connectivity index (χ0) is 16.4. The lowest BCUT2D eigenvalue weighted by molar-refractivity contribution is -0.134. The summed E-state index contributed by atoms with van der Waals surface area (Å²) in [7, 11) is 1.72. The van der Waals surface area contributed by atoms with Gasteiger partial charge in [0.1, 0.15) is 0 Å². The highest BCUT2D eigenvalue weighted by molar-refractivity contribution is 6.06. The Balaban J connectivity index is 1.69. The molecule has 23 heavy (non-hydrogen) atoms. The third-order valence-corrected chi connectivity index (χ3v) is 5.93. The summed E-state index contributed by atoms with van der Waals surface area (Å²) in [6.07, 6.45) is 10.8. The average Bonchev–Trinajstić information content (AvgIpc) is 3.05. The van der Waals surface area contributed by atoms with Gasteiger partial charge in [-0.2, -0.15) is 0 Å². The molecule has 2 N–H and O–H groups in total. The molecule has 2 fully saturated rings. The first-order valence-corrected chi connectivity index (χ1v) is 9.25. The fraction of sp³-hybridized carbons (Fsp3) is 0.889. The summed E-state index contributed by atoms with van der Waals surface area (Å²) in [5.74, 6) is 1.66. The highest BCUT2D eigenvalue weighted by atomic mass is 16.5. The first kappa shape index (κ1) is 16.7. The zero-order valence-electron chi connectivity index (χ0n) is 14.6. The van der Waals surface area contributed by atoms with Crippen LogP contribution in [0.3, 0.4) is 0 Å². The Morgan fingerprint density at radius 1 is 1.26 bits per heavy atom. The van der Waals surface area contributed by atoms with Gasteiger partial charge in [0, 0.05) is 7.05 Å². The molecule has 0 radical (unpaired) electrons. The van der Waals surface area contributed by atoms with E-state index in [1.165, 1.54) is 43.4 Å². The van der Waals surface area contributed by atoms with Crippen molar-refractivity contribution >= 4 is 11.9 Å². The smallest absolute Gasteiger partial charge is 0.259 e. The topological polar surface area (TPSA) is 67.9 Å². The first-order valence-electron chi connectivity index (χ1n) is 9.25. The van der Waals surface area contributed by atoms with E-state index >= 15 is 0 Å². The molecule has 0 spiro atoms. The van der Waals surface area contributed by atoms with E-state index in [-0.39, 0.29) is 12.0 Å². The second-order valence-corrected chi connectivity index (χ2v) is 7.93. The molecular formula is C18H31N3O2. The third-order valence-electron chi connectivity index (χ3n) is 5.93. The molecule has 5 nitrogen and oxygen atoms in total. The van der Waals surface area contributed by atoms with E-state index < -0.39 is 5.54 Å². The molecule has 0 bridgehead atoms. The molecule has 130 valence electrons. The summed E-state index contributed by atoms with van der Waals surface area (Å²) in [4.78, 5) is 18.9. The van der Waals surface area contributed by atoms with Crippen LogP contribution in [0.5, 0.6) is 0 Å². The van der Waals surface area contributed by atoms with Crippen LogP contribution in [0.15, 0.2) is 4.99 Å². The van der Waals surface area contributed by atoms with Crippen molar-refractivity contribution in [3.63, 3.8) is 0 Å². The molecule has 0 aromatic rings. The SMILES string of the molecule is CC1CCC(OCC2(CC3CCCCC3)N=C(N)N(C)C2=O)C1. The average molecular weight is 321 g/mol. The van der Waals surface area contributed by atoms with Crippen LogP contribution in [-0.2, 0) is 9.53 Å². The Labute approximate surface area is 139 Å².